The number of nitrogens with zero attached hydrogens (tertiary/aromatic N) is 3. The van der Waals surface area contributed by atoms with E-state index in [0.717, 1.165) is 12.1 Å². The van der Waals surface area contributed by atoms with Crippen LogP contribution < -0.4 is 5.73 Å². The van der Waals surface area contributed by atoms with Crippen LogP contribution in [-0.2, 0) is 6.42 Å². The van der Waals surface area contributed by atoms with E-state index >= 15 is 0 Å². The van der Waals surface area contributed by atoms with Crippen molar-refractivity contribution in [3.63, 3.8) is 0 Å². The van der Waals surface area contributed by atoms with Gasteiger partial charge in [-0.2, -0.15) is 0 Å². The molecule has 1 aromatic rings. The molecule has 0 unspecified atom stereocenters. The van der Waals surface area contributed by atoms with Gasteiger partial charge in [-0.25, -0.2) is 9.97 Å². The maximum atomic E-state index is 5.70. The van der Waals surface area contributed by atoms with Crippen molar-refractivity contribution in [2.45, 2.75) is 20.3 Å². The van der Waals surface area contributed by atoms with Gasteiger partial charge in [0, 0.05) is 6.21 Å². The van der Waals surface area contributed by atoms with Crippen molar-refractivity contribution in [3.8, 4) is 12.3 Å². The molecule has 0 bridgehead atoms. The van der Waals surface area contributed by atoms with Gasteiger partial charge >= 0.3 is 0 Å². The summed E-state index contributed by atoms with van der Waals surface area (Å²) in [5.41, 5.74) is 7.10. The van der Waals surface area contributed by atoms with Crippen LogP contribution in [0.5, 0.6) is 0 Å². The van der Waals surface area contributed by atoms with E-state index in [1.165, 1.54) is 0 Å². The molecule has 0 saturated heterocycles. The van der Waals surface area contributed by atoms with Crippen molar-refractivity contribution >= 4 is 17.7 Å². The zero-order valence-corrected chi connectivity index (χ0v) is 8.28. The molecule has 0 atom stereocenters. The summed E-state index contributed by atoms with van der Waals surface area (Å²) in [4.78, 5) is 12.2. The lowest BCUT2D eigenvalue weighted by Gasteiger charge is -2.04. The first-order valence-corrected chi connectivity index (χ1v) is 4.34. The molecular weight excluding hydrogens is 176 g/mol. The van der Waals surface area contributed by atoms with Crippen molar-refractivity contribution in [3.05, 3.63) is 11.5 Å². The van der Waals surface area contributed by atoms with E-state index in [4.69, 9.17) is 12.2 Å². The lowest BCUT2D eigenvalue weighted by molar-refractivity contribution is 0.985. The van der Waals surface area contributed by atoms with Crippen molar-refractivity contribution in [1.29, 1.82) is 0 Å². The summed E-state index contributed by atoms with van der Waals surface area (Å²) in [6.07, 6.45) is 7.58. The number of hydrogen-bond acceptors (Lipinski definition) is 4. The fourth-order valence-electron chi connectivity index (χ4n) is 1.10. The molecule has 1 rings (SSSR count). The van der Waals surface area contributed by atoms with Crippen LogP contribution in [0, 0.1) is 12.3 Å². The third-order valence-electron chi connectivity index (χ3n) is 1.71. The molecule has 0 radical (unpaired) electrons. The summed E-state index contributed by atoms with van der Waals surface area (Å²) >= 11 is 0. The molecule has 2 N–H and O–H groups in total. The molecule has 1 heterocycles. The monoisotopic (exact) mass is 188 g/mol. The van der Waals surface area contributed by atoms with Crippen LogP contribution in [0.4, 0.5) is 11.5 Å². The largest absolute Gasteiger partial charge is 0.382 e. The highest BCUT2D eigenvalue weighted by Crippen LogP contribution is 2.23. The van der Waals surface area contributed by atoms with Crippen LogP contribution in [-0.4, -0.2) is 16.2 Å². The van der Waals surface area contributed by atoms with E-state index in [1.807, 2.05) is 13.8 Å². The highest BCUT2D eigenvalue weighted by molar-refractivity contribution is 5.69. The molecule has 0 spiro atoms. The number of rotatable bonds is 2. The number of hydrogen-bond donors (Lipinski definition) is 1. The Hall–Kier alpha value is -1.89. The van der Waals surface area contributed by atoms with E-state index < -0.39 is 0 Å². The maximum Gasteiger partial charge on any atom is 0.206 e. The number of nitrogen functional groups attached to an aromatic ring is 1. The molecular formula is C10H12N4. The predicted octanol–water partition coefficient (Wildman–Crippen LogP) is 1.32. The van der Waals surface area contributed by atoms with Crippen LogP contribution in [0.2, 0.25) is 0 Å². The molecule has 0 saturated carbocycles. The Morgan fingerprint density at radius 2 is 2.29 bits per heavy atom. The SMILES string of the molecule is C#Cc1nc(N)c(/N=C\C)c(CC)n1. The predicted molar refractivity (Wildman–Crippen MR) is 57.6 cm³/mol. The second-order valence-corrected chi connectivity index (χ2v) is 2.61. The standard InChI is InChI=1S/C10H12N4/c1-4-7-9(12-6-3)10(11)14-8(5-2)13-7/h2,6H,4H2,1,3H3,(H2,11,13,14)/b12-6-. The molecule has 72 valence electrons. The summed E-state index contributed by atoms with van der Waals surface area (Å²) in [6.45, 7) is 3.78. The first-order chi connectivity index (χ1) is 6.72. The van der Waals surface area contributed by atoms with Gasteiger partial charge in [0.05, 0.1) is 5.69 Å². The van der Waals surface area contributed by atoms with Crippen molar-refractivity contribution < 1.29 is 0 Å². The minimum Gasteiger partial charge on any atom is -0.382 e. The maximum absolute atomic E-state index is 5.70. The van der Waals surface area contributed by atoms with E-state index in [0.29, 0.717) is 17.3 Å². The van der Waals surface area contributed by atoms with Crippen LogP contribution >= 0.6 is 0 Å². The molecule has 0 amide bonds. The van der Waals surface area contributed by atoms with Gasteiger partial charge in [-0.15, -0.1) is 6.42 Å². The molecule has 0 aliphatic heterocycles. The summed E-state index contributed by atoms with van der Waals surface area (Å²) in [6, 6.07) is 0. The Kier molecular flexibility index (Phi) is 3.19. The molecule has 0 aromatic carbocycles. The topological polar surface area (TPSA) is 64.2 Å². The minimum absolute atomic E-state index is 0.314. The second-order valence-electron chi connectivity index (χ2n) is 2.61. The summed E-state index contributed by atoms with van der Waals surface area (Å²) in [5.74, 6) is 3.01. The number of terminal acetylenes is 1. The first-order valence-electron chi connectivity index (χ1n) is 4.34. The summed E-state index contributed by atoms with van der Waals surface area (Å²) in [7, 11) is 0. The summed E-state index contributed by atoms with van der Waals surface area (Å²) < 4.78 is 0. The van der Waals surface area contributed by atoms with E-state index in [-0.39, 0.29) is 0 Å². The Balaban J connectivity index is 3.36. The van der Waals surface area contributed by atoms with E-state index in [2.05, 4.69) is 20.9 Å². The smallest absolute Gasteiger partial charge is 0.206 e. The molecule has 0 aliphatic rings. The third-order valence-corrected chi connectivity index (χ3v) is 1.71. The fraction of sp³-hybridized carbons (Fsp3) is 0.300. The van der Waals surface area contributed by atoms with Gasteiger partial charge in [0.2, 0.25) is 5.82 Å². The highest BCUT2D eigenvalue weighted by atomic mass is 15.0. The first kappa shape index (κ1) is 10.2. The Morgan fingerprint density at radius 1 is 1.57 bits per heavy atom. The molecule has 0 fully saturated rings. The van der Waals surface area contributed by atoms with E-state index in [1.54, 1.807) is 6.21 Å². The number of aryl methyl sites for hydroxylation is 1. The zero-order valence-electron chi connectivity index (χ0n) is 8.28. The molecule has 0 aliphatic carbocycles. The van der Waals surface area contributed by atoms with Crippen molar-refractivity contribution in [2.75, 3.05) is 5.73 Å². The Bertz CT molecular complexity index is 401. The number of aliphatic imine (C=N–C) groups is 1. The van der Waals surface area contributed by atoms with Crippen molar-refractivity contribution in [2.24, 2.45) is 4.99 Å². The minimum atomic E-state index is 0.314. The van der Waals surface area contributed by atoms with Gasteiger partial charge in [0.1, 0.15) is 5.69 Å². The molecule has 1 aromatic heterocycles. The van der Waals surface area contributed by atoms with Gasteiger partial charge in [-0.05, 0) is 19.3 Å². The average molecular weight is 188 g/mol. The lowest BCUT2D eigenvalue weighted by Crippen LogP contribution is -2.01. The normalized spacial score (nSPS) is 10.4. The van der Waals surface area contributed by atoms with Crippen molar-refractivity contribution in [1.82, 2.24) is 9.97 Å². The lowest BCUT2D eigenvalue weighted by atomic mass is 10.2. The van der Waals surface area contributed by atoms with Crippen LogP contribution in [0.1, 0.15) is 25.4 Å². The van der Waals surface area contributed by atoms with Gasteiger partial charge in [-0.3, -0.25) is 4.99 Å². The van der Waals surface area contributed by atoms with E-state index in [9.17, 15) is 0 Å². The van der Waals surface area contributed by atoms with Gasteiger partial charge in [0.25, 0.3) is 0 Å². The molecule has 4 heteroatoms. The molecule has 4 nitrogen and oxygen atoms in total. The fourth-order valence-corrected chi connectivity index (χ4v) is 1.10. The average Bonchev–Trinajstić information content (AvgIpc) is 2.20. The van der Waals surface area contributed by atoms with Crippen LogP contribution in [0.15, 0.2) is 4.99 Å². The van der Waals surface area contributed by atoms with Gasteiger partial charge < -0.3 is 5.73 Å². The second kappa shape index (κ2) is 4.38. The highest BCUT2D eigenvalue weighted by Gasteiger charge is 2.08. The number of nitrogens with two attached hydrogens (primary N) is 1. The molecule has 14 heavy (non-hydrogen) atoms. The zero-order chi connectivity index (χ0) is 10.6. The Labute approximate surface area is 83.3 Å². The Morgan fingerprint density at radius 3 is 2.79 bits per heavy atom. The van der Waals surface area contributed by atoms with Crippen LogP contribution in [0.25, 0.3) is 0 Å². The number of aromatic nitrogens is 2. The quantitative estimate of drug-likeness (QED) is 0.562. The van der Waals surface area contributed by atoms with Crippen LogP contribution in [0.3, 0.4) is 0 Å². The summed E-state index contributed by atoms with van der Waals surface area (Å²) in [5, 5.41) is 0. The van der Waals surface area contributed by atoms with Gasteiger partial charge in [-0.1, -0.05) is 6.92 Å². The third kappa shape index (κ3) is 1.88. The number of anilines is 1. The van der Waals surface area contributed by atoms with Gasteiger partial charge in [0.15, 0.2) is 5.82 Å².